The zero-order valence-corrected chi connectivity index (χ0v) is 15.3. The van der Waals surface area contributed by atoms with Crippen LogP contribution in [0.5, 0.6) is 11.6 Å². The van der Waals surface area contributed by atoms with E-state index in [9.17, 15) is 0 Å². The molecule has 25 heavy (non-hydrogen) atoms. The van der Waals surface area contributed by atoms with E-state index in [1.54, 1.807) is 6.07 Å². The van der Waals surface area contributed by atoms with Gasteiger partial charge >= 0.3 is 0 Å². The highest BCUT2D eigenvalue weighted by atomic mass is 35.5. The van der Waals surface area contributed by atoms with Gasteiger partial charge < -0.3 is 9.47 Å². The lowest BCUT2D eigenvalue weighted by molar-refractivity contribution is 0.210. The number of hydrogen-bond acceptors (Lipinski definition) is 5. The van der Waals surface area contributed by atoms with Gasteiger partial charge in [-0.15, -0.1) is 0 Å². The standard InChI is InChI=1S/C19H17ClN2O2S/c1-14-7-9-16(10-8-14)25-19-21-17(20)13-18(22-19)24-12-11-23-15-5-3-2-4-6-15/h2-10,13H,11-12H2,1H3. The molecule has 128 valence electrons. The van der Waals surface area contributed by atoms with Crippen molar-refractivity contribution in [3.05, 3.63) is 71.4 Å². The zero-order valence-electron chi connectivity index (χ0n) is 13.7. The van der Waals surface area contributed by atoms with Gasteiger partial charge in [-0.2, -0.15) is 4.98 Å². The van der Waals surface area contributed by atoms with E-state index in [-0.39, 0.29) is 0 Å². The van der Waals surface area contributed by atoms with Crippen LogP contribution in [0.2, 0.25) is 5.15 Å². The molecule has 1 heterocycles. The number of aromatic nitrogens is 2. The molecule has 0 radical (unpaired) electrons. The molecule has 0 aliphatic heterocycles. The number of rotatable bonds is 7. The second-order valence-corrected chi connectivity index (χ2v) is 6.66. The van der Waals surface area contributed by atoms with Crippen LogP contribution in [0.1, 0.15) is 5.56 Å². The average molecular weight is 373 g/mol. The average Bonchev–Trinajstić information content (AvgIpc) is 2.61. The summed E-state index contributed by atoms with van der Waals surface area (Å²) < 4.78 is 11.2. The van der Waals surface area contributed by atoms with E-state index >= 15 is 0 Å². The van der Waals surface area contributed by atoms with E-state index in [0.29, 0.717) is 29.4 Å². The number of hydrogen-bond donors (Lipinski definition) is 0. The van der Waals surface area contributed by atoms with Gasteiger partial charge in [-0.1, -0.05) is 47.5 Å². The number of nitrogens with zero attached hydrogens (tertiary/aromatic N) is 2. The van der Waals surface area contributed by atoms with Gasteiger partial charge in [0.15, 0.2) is 5.16 Å². The molecular formula is C19H17ClN2O2S. The van der Waals surface area contributed by atoms with Crippen LogP contribution in [0, 0.1) is 6.92 Å². The Morgan fingerprint density at radius 1 is 0.920 bits per heavy atom. The Kier molecular flexibility index (Phi) is 6.14. The van der Waals surface area contributed by atoms with E-state index in [1.165, 1.54) is 17.3 Å². The van der Waals surface area contributed by atoms with E-state index in [4.69, 9.17) is 21.1 Å². The quantitative estimate of drug-likeness (QED) is 0.330. The van der Waals surface area contributed by atoms with Crippen molar-refractivity contribution in [2.75, 3.05) is 13.2 Å². The Morgan fingerprint density at radius 2 is 1.64 bits per heavy atom. The Balaban J connectivity index is 1.56. The highest BCUT2D eigenvalue weighted by molar-refractivity contribution is 7.99. The third-order valence-corrected chi connectivity index (χ3v) is 4.29. The monoisotopic (exact) mass is 372 g/mol. The molecular weight excluding hydrogens is 356 g/mol. The summed E-state index contributed by atoms with van der Waals surface area (Å²) >= 11 is 7.52. The molecule has 2 aromatic carbocycles. The maximum absolute atomic E-state index is 6.07. The van der Waals surface area contributed by atoms with Gasteiger partial charge in [-0.3, -0.25) is 0 Å². The third-order valence-electron chi connectivity index (χ3n) is 3.23. The molecule has 0 aliphatic rings. The first-order valence-corrected chi connectivity index (χ1v) is 8.98. The van der Waals surface area contributed by atoms with Crippen molar-refractivity contribution in [2.45, 2.75) is 17.0 Å². The maximum Gasteiger partial charge on any atom is 0.218 e. The number of benzene rings is 2. The van der Waals surface area contributed by atoms with Gasteiger partial charge in [0.25, 0.3) is 0 Å². The highest BCUT2D eigenvalue weighted by Gasteiger charge is 2.07. The molecule has 6 heteroatoms. The summed E-state index contributed by atoms with van der Waals surface area (Å²) in [6.45, 7) is 2.84. The van der Waals surface area contributed by atoms with Crippen LogP contribution in [-0.4, -0.2) is 23.2 Å². The molecule has 3 aromatic rings. The molecule has 0 N–H and O–H groups in total. The van der Waals surface area contributed by atoms with Crippen molar-refractivity contribution in [1.82, 2.24) is 9.97 Å². The lowest BCUT2D eigenvalue weighted by Gasteiger charge is -2.09. The van der Waals surface area contributed by atoms with Crippen molar-refractivity contribution in [2.24, 2.45) is 0 Å². The number of para-hydroxylation sites is 1. The fraction of sp³-hybridized carbons (Fsp3) is 0.158. The van der Waals surface area contributed by atoms with Crippen LogP contribution in [0.4, 0.5) is 0 Å². The van der Waals surface area contributed by atoms with Crippen molar-refractivity contribution in [3.63, 3.8) is 0 Å². The Hall–Kier alpha value is -2.24. The first kappa shape index (κ1) is 17.6. The smallest absolute Gasteiger partial charge is 0.218 e. The zero-order chi connectivity index (χ0) is 17.5. The summed E-state index contributed by atoms with van der Waals surface area (Å²) in [5, 5.41) is 0.902. The van der Waals surface area contributed by atoms with E-state index in [2.05, 4.69) is 9.97 Å². The van der Waals surface area contributed by atoms with Gasteiger partial charge in [0.05, 0.1) is 0 Å². The number of ether oxygens (including phenoxy) is 2. The summed E-state index contributed by atoms with van der Waals surface area (Å²) in [4.78, 5) is 9.67. The molecule has 0 unspecified atom stereocenters. The fourth-order valence-electron chi connectivity index (χ4n) is 2.03. The largest absolute Gasteiger partial charge is 0.490 e. The summed E-state index contributed by atoms with van der Waals surface area (Å²) in [5.74, 6) is 1.24. The molecule has 1 aromatic heterocycles. The predicted molar refractivity (Wildman–Crippen MR) is 99.8 cm³/mol. The molecule has 0 atom stereocenters. The summed E-state index contributed by atoms with van der Waals surface area (Å²) in [6, 6.07) is 19.3. The van der Waals surface area contributed by atoms with E-state index in [1.807, 2.05) is 61.5 Å². The minimum atomic E-state index is 0.351. The number of halogens is 1. The summed E-state index contributed by atoms with van der Waals surface area (Å²) in [5.41, 5.74) is 1.21. The minimum absolute atomic E-state index is 0.351. The minimum Gasteiger partial charge on any atom is -0.490 e. The van der Waals surface area contributed by atoms with Gasteiger partial charge in [0.1, 0.15) is 24.1 Å². The maximum atomic E-state index is 6.07. The Labute approximate surface area is 156 Å². The first-order chi connectivity index (χ1) is 12.2. The summed E-state index contributed by atoms with van der Waals surface area (Å²) in [7, 11) is 0. The topological polar surface area (TPSA) is 44.2 Å². The first-order valence-electron chi connectivity index (χ1n) is 7.79. The molecule has 0 spiro atoms. The van der Waals surface area contributed by atoms with Crippen molar-refractivity contribution < 1.29 is 9.47 Å². The Morgan fingerprint density at radius 3 is 2.40 bits per heavy atom. The van der Waals surface area contributed by atoms with Crippen molar-refractivity contribution >= 4 is 23.4 Å². The van der Waals surface area contributed by atoms with E-state index in [0.717, 1.165) is 10.6 Å². The molecule has 0 saturated heterocycles. The van der Waals surface area contributed by atoms with Gasteiger partial charge in [-0.05, 0) is 43.0 Å². The molecule has 3 rings (SSSR count). The van der Waals surface area contributed by atoms with Gasteiger partial charge in [0.2, 0.25) is 5.88 Å². The predicted octanol–water partition coefficient (Wildman–Crippen LogP) is 5.05. The van der Waals surface area contributed by atoms with Gasteiger partial charge in [-0.25, -0.2) is 4.98 Å². The molecule has 0 aliphatic carbocycles. The van der Waals surface area contributed by atoms with Crippen LogP contribution in [-0.2, 0) is 0 Å². The molecule has 0 bridgehead atoms. The van der Waals surface area contributed by atoms with Crippen LogP contribution in [0.25, 0.3) is 0 Å². The molecule has 0 amide bonds. The van der Waals surface area contributed by atoms with Crippen molar-refractivity contribution in [1.29, 1.82) is 0 Å². The summed E-state index contributed by atoms with van der Waals surface area (Å²) in [6.07, 6.45) is 0. The fourth-order valence-corrected chi connectivity index (χ4v) is 3.02. The van der Waals surface area contributed by atoms with Gasteiger partial charge in [0, 0.05) is 11.0 Å². The molecule has 0 saturated carbocycles. The third kappa shape index (κ3) is 5.66. The molecule has 4 nitrogen and oxygen atoms in total. The highest BCUT2D eigenvalue weighted by Crippen LogP contribution is 2.27. The number of aryl methyl sites for hydroxylation is 1. The lowest BCUT2D eigenvalue weighted by Crippen LogP contribution is -2.10. The van der Waals surface area contributed by atoms with Crippen molar-refractivity contribution in [3.8, 4) is 11.6 Å². The van der Waals surface area contributed by atoms with Crippen LogP contribution in [0.15, 0.2) is 70.7 Å². The molecule has 0 fully saturated rings. The van der Waals surface area contributed by atoms with Crippen LogP contribution in [0.3, 0.4) is 0 Å². The normalized spacial score (nSPS) is 10.5. The second-order valence-electron chi connectivity index (χ2n) is 5.24. The lowest BCUT2D eigenvalue weighted by atomic mass is 10.2. The SMILES string of the molecule is Cc1ccc(Sc2nc(Cl)cc(OCCOc3ccccc3)n2)cc1. The Bertz CT molecular complexity index is 813. The van der Waals surface area contributed by atoms with E-state index < -0.39 is 0 Å². The van der Waals surface area contributed by atoms with Crippen LogP contribution >= 0.6 is 23.4 Å². The van der Waals surface area contributed by atoms with Crippen LogP contribution < -0.4 is 9.47 Å². The second kappa shape index (κ2) is 8.74.